The first-order chi connectivity index (χ1) is 7.26. The Morgan fingerprint density at radius 2 is 2.33 bits per heavy atom. The lowest BCUT2D eigenvalue weighted by molar-refractivity contribution is 0.0833. The average molecular weight is 209 g/mol. The van der Waals surface area contributed by atoms with E-state index in [-0.39, 0.29) is 12.5 Å². The van der Waals surface area contributed by atoms with Gasteiger partial charge in [-0.2, -0.15) is 5.10 Å². The van der Waals surface area contributed by atoms with E-state index in [9.17, 15) is 9.90 Å². The lowest BCUT2D eigenvalue weighted by atomic mass is 9.99. The van der Waals surface area contributed by atoms with Gasteiger partial charge in [0.1, 0.15) is 5.69 Å². The van der Waals surface area contributed by atoms with Gasteiger partial charge in [-0.05, 0) is 18.9 Å². The molecule has 82 valence electrons. The summed E-state index contributed by atoms with van der Waals surface area (Å²) in [5.41, 5.74) is 0.0251. The molecule has 0 spiro atoms. The lowest BCUT2D eigenvalue weighted by Crippen LogP contribution is -2.49. The van der Waals surface area contributed by atoms with Gasteiger partial charge in [-0.15, -0.1) is 0 Å². The van der Waals surface area contributed by atoms with Crippen molar-refractivity contribution in [2.75, 3.05) is 6.61 Å². The maximum Gasteiger partial charge on any atom is 0.269 e. The number of H-pyrrole nitrogens is 1. The van der Waals surface area contributed by atoms with E-state index in [1.807, 2.05) is 0 Å². The van der Waals surface area contributed by atoms with Crippen molar-refractivity contribution in [3.05, 3.63) is 18.0 Å². The van der Waals surface area contributed by atoms with Crippen LogP contribution in [0, 0.1) is 0 Å². The Balaban J connectivity index is 2.04. The van der Waals surface area contributed by atoms with Crippen LogP contribution in [0.1, 0.15) is 36.2 Å². The Morgan fingerprint density at radius 1 is 1.60 bits per heavy atom. The van der Waals surface area contributed by atoms with Gasteiger partial charge in [0, 0.05) is 6.20 Å². The molecule has 1 fully saturated rings. The zero-order valence-corrected chi connectivity index (χ0v) is 8.49. The Labute approximate surface area is 87.9 Å². The standard InChI is InChI=1S/C10H15N3O2/c14-7-10(4-1-2-5-10)12-9(15)8-3-6-11-13-8/h3,6,14H,1-2,4-5,7H2,(H,11,13)(H,12,15). The van der Waals surface area contributed by atoms with Crippen molar-refractivity contribution in [2.45, 2.75) is 31.2 Å². The molecule has 5 heteroatoms. The number of rotatable bonds is 3. The van der Waals surface area contributed by atoms with E-state index in [1.54, 1.807) is 6.07 Å². The molecule has 1 aromatic heterocycles. The molecular weight excluding hydrogens is 194 g/mol. The maximum atomic E-state index is 11.7. The van der Waals surface area contributed by atoms with Crippen LogP contribution in [0.25, 0.3) is 0 Å². The molecule has 1 aromatic rings. The molecule has 0 saturated heterocycles. The number of aromatic amines is 1. The van der Waals surface area contributed by atoms with Crippen LogP contribution >= 0.6 is 0 Å². The van der Waals surface area contributed by atoms with Crippen molar-refractivity contribution >= 4 is 5.91 Å². The van der Waals surface area contributed by atoms with Crippen molar-refractivity contribution in [2.24, 2.45) is 0 Å². The fourth-order valence-corrected chi connectivity index (χ4v) is 2.06. The highest BCUT2D eigenvalue weighted by Crippen LogP contribution is 2.29. The van der Waals surface area contributed by atoms with Gasteiger partial charge in [0.05, 0.1) is 12.1 Å². The first-order valence-electron chi connectivity index (χ1n) is 5.18. The smallest absolute Gasteiger partial charge is 0.269 e. The van der Waals surface area contributed by atoms with Gasteiger partial charge in [-0.3, -0.25) is 9.89 Å². The maximum absolute atomic E-state index is 11.7. The van der Waals surface area contributed by atoms with Gasteiger partial charge in [0.2, 0.25) is 0 Å². The first-order valence-corrected chi connectivity index (χ1v) is 5.18. The summed E-state index contributed by atoms with van der Waals surface area (Å²) in [6.07, 6.45) is 5.36. The number of hydrogen-bond acceptors (Lipinski definition) is 3. The normalized spacial score (nSPS) is 19.0. The number of aliphatic hydroxyl groups excluding tert-OH is 1. The zero-order valence-electron chi connectivity index (χ0n) is 8.49. The number of nitrogens with zero attached hydrogens (tertiary/aromatic N) is 1. The Kier molecular flexibility index (Phi) is 2.73. The fourth-order valence-electron chi connectivity index (χ4n) is 2.06. The molecule has 1 aliphatic carbocycles. The van der Waals surface area contributed by atoms with Crippen LogP contribution in [0.4, 0.5) is 0 Å². The van der Waals surface area contributed by atoms with Crippen LogP contribution in [-0.4, -0.2) is 33.4 Å². The van der Waals surface area contributed by atoms with E-state index in [0.29, 0.717) is 5.69 Å². The molecule has 1 heterocycles. The first kappa shape index (κ1) is 10.2. The van der Waals surface area contributed by atoms with Gasteiger partial charge < -0.3 is 10.4 Å². The summed E-state index contributed by atoms with van der Waals surface area (Å²) in [6.45, 7) is 0.00682. The molecule has 15 heavy (non-hydrogen) atoms. The van der Waals surface area contributed by atoms with Crippen molar-refractivity contribution < 1.29 is 9.90 Å². The molecule has 0 aliphatic heterocycles. The molecule has 0 aromatic carbocycles. The number of carbonyl (C=O) groups is 1. The van der Waals surface area contributed by atoms with E-state index < -0.39 is 5.54 Å². The minimum atomic E-state index is -0.414. The van der Waals surface area contributed by atoms with Crippen LogP contribution in [0.2, 0.25) is 0 Å². The van der Waals surface area contributed by atoms with Gasteiger partial charge in [-0.1, -0.05) is 12.8 Å². The largest absolute Gasteiger partial charge is 0.394 e. The van der Waals surface area contributed by atoms with Gasteiger partial charge >= 0.3 is 0 Å². The van der Waals surface area contributed by atoms with Crippen molar-refractivity contribution in [3.63, 3.8) is 0 Å². The number of amides is 1. The molecule has 1 saturated carbocycles. The number of aromatic nitrogens is 2. The minimum Gasteiger partial charge on any atom is -0.394 e. The molecular formula is C10H15N3O2. The van der Waals surface area contributed by atoms with Crippen molar-refractivity contribution in [1.29, 1.82) is 0 Å². The van der Waals surface area contributed by atoms with Crippen LogP contribution in [-0.2, 0) is 0 Å². The highest BCUT2D eigenvalue weighted by Gasteiger charge is 2.34. The molecule has 1 amide bonds. The van der Waals surface area contributed by atoms with Gasteiger partial charge in [0.15, 0.2) is 0 Å². The van der Waals surface area contributed by atoms with E-state index in [2.05, 4.69) is 15.5 Å². The molecule has 0 atom stereocenters. The van der Waals surface area contributed by atoms with E-state index in [4.69, 9.17) is 0 Å². The third-order valence-electron chi connectivity index (χ3n) is 2.99. The SMILES string of the molecule is O=C(NC1(CO)CCCC1)c1ccn[nH]1. The summed E-state index contributed by atoms with van der Waals surface area (Å²) in [4.78, 5) is 11.7. The highest BCUT2D eigenvalue weighted by atomic mass is 16.3. The summed E-state index contributed by atoms with van der Waals surface area (Å²) >= 11 is 0. The highest BCUT2D eigenvalue weighted by molar-refractivity contribution is 5.92. The molecule has 2 rings (SSSR count). The molecule has 0 bridgehead atoms. The van der Waals surface area contributed by atoms with Gasteiger partial charge in [0.25, 0.3) is 5.91 Å². The molecule has 0 unspecified atom stereocenters. The Morgan fingerprint density at radius 3 is 2.87 bits per heavy atom. The van der Waals surface area contributed by atoms with E-state index in [1.165, 1.54) is 6.20 Å². The quantitative estimate of drug-likeness (QED) is 0.676. The van der Waals surface area contributed by atoms with E-state index in [0.717, 1.165) is 25.7 Å². The summed E-state index contributed by atoms with van der Waals surface area (Å²) < 4.78 is 0. The lowest BCUT2D eigenvalue weighted by Gasteiger charge is -2.27. The van der Waals surface area contributed by atoms with Crippen LogP contribution < -0.4 is 5.32 Å². The fraction of sp³-hybridized carbons (Fsp3) is 0.600. The van der Waals surface area contributed by atoms with Crippen molar-refractivity contribution in [1.82, 2.24) is 15.5 Å². The Bertz CT molecular complexity index is 328. The summed E-state index contributed by atoms with van der Waals surface area (Å²) in [5, 5.41) is 18.5. The number of nitrogens with one attached hydrogen (secondary N) is 2. The third kappa shape index (κ3) is 2.02. The number of hydrogen-bond donors (Lipinski definition) is 3. The number of carbonyl (C=O) groups excluding carboxylic acids is 1. The molecule has 3 N–H and O–H groups in total. The van der Waals surface area contributed by atoms with Crippen LogP contribution in [0.3, 0.4) is 0 Å². The molecule has 1 aliphatic rings. The van der Waals surface area contributed by atoms with Gasteiger partial charge in [-0.25, -0.2) is 0 Å². The summed E-state index contributed by atoms with van der Waals surface area (Å²) in [7, 11) is 0. The average Bonchev–Trinajstić information content (AvgIpc) is 2.88. The predicted octanol–water partition coefficient (Wildman–Crippen LogP) is 0.445. The second-order valence-corrected chi connectivity index (χ2v) is 4.07. The van der Waals surface area contributed by atoms with Crippen molar-refractivity contribution in [3.8, 4) is 0 Å². The monoisotopic (exact) mass is 209 g/mol. The van der Waals surface area contributed by atoms with Crippen LogP contribution in [0.15, 0.2) is 12.3 Å². The third-order valence-corrected chi connectivity index (χ3v) is 2.99. The summed E-state index contributed by atoms with van der Waals surface area (Å²) in [5.74, 6) is -0.191. The molecule has 5 nitrogen and oxygen atoms in total. The topological polar surface area (TPSA) is 78.0 Å². The number of aliphatic hydroxyl groups is 1. The second-order valence-electron chi connectivity index (χ2n) is 4.07. The second kappa shape index (κ2) is 4.02. The molecule has 0 radical (unpaired) electrons. The van der Waals surface area contributed by atoms with Crippen LogP contribution in [0.5, 0.6) is 0 Å². The van der Waals surface area contributed by atoms with E-state index >= 15 is 0 Å². The zero-order chi connectivity index (χ0) is 10.7. The minimum absolute atomic E-state index is 0.00682. The Hall–Kier alpha value is -1.36. The predicted molar refractivity (Wildman–Crippen MR) is 54.3 cm³/mol. The summed E-state index contributed by atoms with van der Waals surface area (Å²) in [6, 6.07) is 1.62.